The minimum absolute atomic E-state index is 0.0512. The van der Waals surface area contributed by atoms with Crippen LogP contribution in [-0.2, 0) is 19.0 Å². The molecule has 1 amide bonds. The predicted octanol–water partition coefficient (Wildman–Crippen LogP) is 0.387. The van der Waals surface area contributed by atoms with Crippen LogP contribution >= 0.6 is 0 Å². The van der Waals surface area contributed by atoms with Gasteiger partial charge in [-0.15, -0.1) is 0 Å². The van der Waals surface area contributed by atoms with E-state index in [9.17, 15) is 4.79 Å². The number of ether oxygens (including phenoxy) is 3. The van der Waals surface area contributed by atoms with Gasteiger partial charge in [-0.05, 0) is 6.92 Å². The lowest BCUT2D eigenvalue weighted by atomic mass is 10.0. The maximum Gasteiger partial charge on any atom is 0.251 e. The molecule has 5 nitrogen and oxygen atoms in total. The van der Waals surface area contributed by atoms with Crippen LogP contribution in [0.1, 0.15) is 19.8 Å². The molecule has 0 aliphatic carbocycles. The van der Waals surface area contributed by atoms with Crippen LogP contribution < -0.4 is 0 Å². The largest absolute Gasteiger partial charge is 0.372 e. The zero-order chi connectivity index (χ0) is 11.6. The predicted molar refractivity (Wildman–Crippen MR) is 56.9 cm³/mol. The van der Waals surface area contributed by atoms with Gasteiger partial charge in [0.15, 0.2) is 5.79 Å². The molecule has 1 atom stereocenters. The Labute approximate surface area is 95.6 Å². The standard InChI is InChI=1S/C11H19NO4/c1-9(14-2)10(13)12-5-3-11(4-6-12)15-7-8-16-11/h9H,3-8H2,1-2H3. The van der Waals surface area contributed by atoms with Crippen molar-refractivity contribution in [3.63, 3.8) is 0 Å². The second-order valence-corrected chi connectivity index (χ2v) is 4.31. The van der Waals surface area contributed by atoms with Gasteiger partial charge in [0.2, 0.25) is 0 Å². The maximum atomic E-state index is 11.9. The molecule has 2 saturated heterocycles. The van der Waals surface area contributed by atoms with Crippen LogP contribution in [0.4, 0.5) is 0 Å². The molecular weight excluding hydrogens is 210 g/mol. The summed E-state index contributed by atoms with van der Waals surface area (Å²) in [7, 11) is 1.55. The van der Waals surface area contributed by atoms with Crippen LogP contribution in [0, 0.1) is 0 Å². The second kappa shape index (κ2) is 4.69. The van der Waals surface area contributed by atoms with E-state index in [1.807, 2.05) is 4.90 Å². The number of amides is 1. The number of nitrogens with zero attached hydrogens (tertiary/aromatic N) is 1. The summed E-state index contributed by atoms with van der Waals surface area (Å²) in [5, 5.41) is 0. The van der Waals surface area contributed by atoms with Crippen molar-refractivity contribution in [1.82, 2.24) is 4.90 Å². The molecule has 5 heteroatoms. The van der Waals surface area contributed by atoms with E-state index in [0.29, 0.717) is 26.3 Å². The van der Waals surface area contributed by atoms with E-state index in [-0.39, 0.29) is 12.0 Å². The molecule has 16 heavy (non-hydrogen) atoms. The molecule has 2 rings (SSSR count). The number of likely N-dealkylation sites (tertiary alicyclic amines) is 1. The number of hydrogen-bond acceptors (Lipinski definition) is 4. The van der Waals surface area contributed by atoms with Crippen molar-refractivity contribution in [2.24, 2.45) is 0 Å². The van der Waals surface area contributed by atoms with E-state index >= 15 is 0 Å². The average molecular weight is 229 g/mol. The van der Waals surface area contributed by atoms with Crippen molar-refractivity contribution in [3.8, 4) is 0 Å². The fourth-order valence-corrected chi connectivity index (χ4v) is 2.21. The van der Waals surface area contributed by atoms with Gasteiger partial charge in [0.25, 0.3) is 5.91 Å². The summed E-state index contributed by atoms with van der Waals surface area (Å²) in [5.41, 5.74) is 0. The third kappa shape index (κ3) is 2.21. The fraction of sp³-hybridized carbons (Fsp3) is 0.909. The molecular formula is C11H19NO4. The third-order valence-corrected chi connectivity index (χ3v) is 3.35. The summed E-state index contributed by atoms with van der Waals surface area (Å²) in [6.45, 7) is 4.49. The first-order chi connectivity index (χ1) is 7.67. The van der Waals surface area contributed by atoms with Gasteiger partial charge < -0.3 is 19.1 Å². The van der Waals surface area contributed by atoms with Gasteiger partial charge in [-0.3, -0.25) is 4.79 Å². The summed E-state index contributed by atoms with van der Waals surface area (Å²) < 4.78 is 16.2. The van der Waals surface area contributed by atoms with Crippen LogP contribution in [0.15, 0.2) is 0 Å². The van der Waals surface area contributed by atoms with Crippen LogP contribution in [0.25, 0.3) is 0 Å². The summed E-state index contributed by atoms with van der Waals surface area (Å²) >= 11 is 0. The van der Waals surface area contributed by atoms with E-state index in [2.05, 4.69) is 0 Å². The molecule has 0 aromatic carbocycles. The van der Waals surface area contributed by atoms with Crippen molar-refractivity contribution < 1.29 is 19.0 Å². The van der Waals surface area contributed by atoms with Crippen LogP contribution in [0.3, 0.4) is 0 Å². The number of hydrogen-bond donors (Lipinski definition) is 0. The first-order valence-corrected chi connectivity index (χ1v) is 5.76. The smallest absolute Gasteiger partial charge is 0.251 e. The topological polar surface area (TPSA) is 48.0 Å². The normalized spacial score (nSPS) is 26.0. The van der Waals surface area contributed by atoms with E-state index < -0.39 is 5.79 Å². The number of carbonyl (C=O) groups is 1. The average Bonchev–Trinajstić information content (AvgIpc) is 2.77. The number of rotatable bonds is 2. The summed E-state index contributed by atoms with van der Waals surface area (Å²) in [6.07, 6.45) is 1.16. The van der Waals surface area contributed by atoms with Crippen molar-refractivity contribution in [2.75, 3.05) is 33.4 Å². The summed E-state index contributed by atoms with van der Waals surface area (Å²) in [6, 6.07) is 0. The number of carbonyl (C=O) groups excluding carboxylic acids is 1. The Hall–Kier alpha value is -0.650. The van der Waals surface area contributed by atoms with Crippen LogP contribution in [0.2, 0.25) is 0 Å². The first kappa shape index (κ1) is 11.8. The molecule has 2 heterocycles. The quantitative estimate of drug-likeness (QED) is 0.687. The molecule has 0 aromatic heterocycles. The van der Waals surface area contributed by atoms with Gasteiger partial charge in [-0.1, -0.05) is 0 Å². The lowest BCUT2D eigenvalue weighted by Gasteiger charge is -2.38. The third-order valence-electron chi connectivity index (χ3n) is 3.35. The summed E-state index contributed by atoms with van der Waals surface area (Å²) in [4.78, 5) is 13.7. The van der Waals surface area contributed by atoms with E-state index in [1.165, 1.54) is 0 Å². The molecule has 92 valence electrons. The summed E-state index contributed by atoms with van der Waals surface area (Å²) in [5.74, 6) is -0.358. The van der Waals surface area contributed by atoms with Gasteiger partial charge in [0.1, 0.15) is 6.10 Å². The lowest BCUT2D eigenvalue weighted by molar-refractivity contribution is -0.189. The highest BCUT2D eigenvalue weighted by Crippen LogP contribution is 2.31. The van der Waals surface area contributed by atoms with Crippen molar-refractivity contribution in [3.05, 3.63) is 0 Å². The fourth-order valence-electron chi connectivity index (χ4n) is 2.21. The zero-order valence-electron chi connectivity index (χ0n) is 9.90. The SMILES string of the molecule is COC(C)C(=O)N1CCC2(CC1)OCCO2. The van der Waals surface area contributed by atoms with Crippen molar-refractivity contribution in [1.29, 1.82) is 0 Å². The van der Waals surface area contributed by atoms with Crippen LogP contribution in [-0.4, -0.2) is 56.1 Å². The number of methoxy groups -OCH3 is 1. The molecule has 2 aliphatic heterocycles. The minimum atomic E-state index is -0.410. The van der Waals surface area contributed by atoms with Crippen molar-refractivity contribution >= 4 is 5.91 Å². The highest BCUT2D eigenvalue weighted by atomic mass is 16.7. The Morgan fingerprint density at radius 1 is 1.31 bits per heavy atom. The molecule has 0 N–H and O–H groups in total. The maximum absolute atomic E-state index is 11.9. The Morgan fingerprint density at radius 3 is 2.38 bits per heavy atom. The van der Waals surface area contributed by atoms with E-state index in [1.54, 1.807) is 14.0 Å². The van der Waals surface area contributed by atoms with Gasteiger partial charge in [-0.25, -0.2) is 0 Å². The number of piperidine rings is 1. The Bertz CT molecular complexity index is 253. The molecule has 0 radical (unpaired) electrons. The first-order valence-electron chi connectivity index (χ1n) is 5.76. The van der Waals surface area contributed by atoms with Crippen molar-refractivity contribution in [2.45, 2.75) is 31.7 Å². The molecule has 0 saturated carbocycles. The Kier molecular flexibility index (Phi) is 3.47. The molecule has 2 aliphatic rings. The highest BCUT2D eigenvalue weighted by molar-refractivity contribution is 5.80. The van der Waals surface area contributed by atoms with Crippen LogP contribution in [0.5, 0.6) is 0 Å². The van der Waals surface area contributed by atoms with E-state index in [0.717, 1.165) is 12.8 Å². The molecule has 1 unspecified atom stereocenters. The van der Waals surface area contributed by atoms with E-state index in [4.69, 9.17) is 14.2 Å². The van der Waals surface area contributed by atoms with Gasteiger partial charge in [0.05, 0.1) is 13.2 Å². The minimum Gasteiger partial charge on any atom is -0.372 e. The van der Waals surface area contributed by atoms with Gasteiger partial charge in [-0.2, -0.15) is 0 Å². The van der Waals surface area contributed by atoms with Gasteiger partial charge in [0, 0.05) is 33.0 Å². The lowest BCUT2D eigenvalue weighted by Crippen LogP contribution is -2.49. The van der Waals surface area contributed by atoms with Gasteiger partial charge >= 0.3 is 0 Å². The second-order valence-electron chi connectivity index (χ2n) is 4.31. The Balaban J connectivity index is 1.87. The monoisotopic (exact) mass is 229 g/mol. The zero-order valence-corrected chi connectivity index (χ0v) is 9.90. The molecule has 0 aromatic rings. The molecule has 0 bridgehead atoms. The molecule has 2 fully saturated rings. The Morgan fingerprint density at radius 2 is 1.88 bits per heavy atom. The highest BCUT2D eigenvalue weighted by Gasteiger charge is 2.41. The molecule has 1 spiro atoms.